The van der Waals surface area contributed by atoms with E-state index in [4.69, 9.17) is 40.2 Å². The predicted molar refractivity (Wildman–Crippen MR) is 156 cm³/mol. The Bertz CT molecular complexity index is 1260. The van der Waals surface area contributed by atoms with Gasteiger partial charge in [0.15, 0.2) is 0 Å². The summed E-state index contributed by atoms with van der Waals surface area (Å²) in [5.41, 5.74) is 1.38. The Morgan fingerprint density at radius 3 is 2.24 bits per heavy atom. The lowest BCUT2D eigenvalue weighted by Crippen LogP contribution is -2.51. The number of carbonyl (C=O) groups excluding carboxylic acids is 2. The zero-order valence-corrected chi connectivity index (χ0v) is 24.5. The SMILES string of the molecule is COC(=O)C(Cc1ccc(NC(=O)c2c(Cl)cccc2Cl)cc1)NC(=S)C1(CCCCS(C)(=O)=O)CCC1. The van der Waals surface area contributed by atoms with Gasteiger partial charge in [-0.25, -0.2) is 13.2 Å². The molecular weight excluding hydrogens is 567 g/mol. The normalized spacial score (nSPS) is 15.2. The topological polar surface area (TPSA) is 102 Å². The summed E-state index contributed by atoms with van der Waals surface area (Å²) in [4.78, 5) is 25.9. The number of amides is 1. The molecule has 0 saturated heterocycles. The van der Waals surface area contributed by atoms with Crippen LogP contribution in [0, 0.1) is 5.41 Å². The molecule has 0 heterocycles. The van der Waals surface area contributed by atoms with Gasteiger partial charge in [0.2, 0.25) is 0 Å². The molecule has 2 aromatic rings. The molecule has 1 fully saturated rings. The van der Waals surface area contributed by atoms with Gasteiger partial charge in [-0.2, -0.15) is 0 Å². The Hall–Kier alpha value is -2.20. The number of hydrogen-bond acceptors (Lipinski definition) is 6. The summed E-state index contributed by atoms with van der Waals surface area (Å²) in [7, 11) is -1.66. The highest BCUT2D eigenvalue weighted by Gasteiger charge is 2.41. The van der Waals surface area contributed by atoms with Crippen LogP contribution >= 0.6 is 35.4 Å². The van der Waals surface area contributed by atoms with Crippen molar-refractivity contribution in [3.05, 3.63) is 63.6 Å². The number of benzene rings is 2. The van der Waals surface area contributed by atoms with Crippen LogP contribution in [0.5, 0.6) is 0 Å². The van der Waals surface area contributed by atoms with E-state index in [9.17, 15) is 18.0 Å². The zero-order valence-electron chi connectivity index (χ0n) is 21.4. The number of rotatable bonds is 12. The molecule has 0 bridgehead atoms. The van der Waals surface area contributed by atoms with Gasteiger partial charge in [-0.15, -0.1) is 0 Å². The van der Waals surface area contributed by atoms with Crippen LogP contribution in [0.3, 0.4) is 0 Å². The molecule has 1 amide bonds. The smallest absolute Gasteiger partial charge is 0.328 e. The molecule has 2 N–H and O–H groups in total. The first kappa shape index (κ1) is 30.3. The van der Waals surface area contributed by atoms with Crippen LogP contribution in [-0.2, 0) is 25.8 Å². The van der Waals surface area contributed by atoms with Crippen molar-refractivity contribution in [3.63, 3.8) is 0 Å². The Kier molecular flexibility index (Phi) is 10.6. The monoisotopic (exact) mass is 598 g/mol. The number of anilines is 1. The molecule has 0 radical (unpaired) electrons. The van der Waals surface area contributed by atoms with Crippen LogP contribution in [0.15, 0.2) is 42.5 Å². The van der Waals surface area contributed by atoms with Crippen LogP contribution in [0.4, 0.5) is 5.69 Å². The number of sulfone groups is 1. The minimum Gasteiger partial charge on any atom is -0.467 e. The lowest BCUT2D eigenvalue weighted by molar-refractivity contribution is -0.142. The molecule has 2 aromatic carbocycles. The van der Waals surface area contributed by atoms with Crippen LogP contribution in [0.1, 0.15) is 54.4 Å². The third-order valence-corrected chi connectivity index (χ3v) is 9.06. The molecule has 7 nitrogen and oxygen atoms in total. The van der Waals surface area contributed by atoms with Gasteiger partial charge in [0.1, 0.15) is 15.9 Å². The van der Waals surface area contributed by atoms with Gasteiger partial charge >= 0.3 is 5.97 Å². The number of halogens is 2. The fourth-order valence-electron chi connectivity index (χ4n) is 4.54. The number of esters is 1. The van der Waals surface area contributed by atoms with Crippen molar-refractivity contribution >= 4 is 67.8 Å². The van der Waals surface area contributed by atoms with E-state index in [0.29, 0.717) is 23.5 Å². The van der Waals surface area contributed by atoms with Crippen LogP contribution in [0.25, 0.3) is 0 Å². The van der Waals surface area contributed by atoms with Gasteiger partial charge in [-0.1, -0.05) is 66.5 Å². The van der Waals surface area contributed by atoms with E-state index in [2.05, 4.69) is 10.6 Å². The van der Waals surface area contributed by atoms with Crippen LogP contribution < -0.4 is 10.6 Å². The van der Waals surface area contributed by atoms with E-state index in [1.165, 1.54) is 13.4 Å². The molecule has 1 unspecified atom stereocenters. The van der Waals surface area contributed by atoms with Crippen molar-refractivity contribution in [3.8, 4) is 0 Å². The van der Waals surface area contributed by atoms with E-state index in [-0.39, 0.29) is 26.8 Å². The largest absolute Gasteiger partial charge is 0.467 e. The fourth-order valence-corrected chi connectivity index (χ4v) is 6.28. The summed E-state index contributed by atoms with van der Waals surface area (Å²) < 4.78 is 27.9. The van der Waals surface area contributed by atoms with Gasteiger partial charge in [0, 0.05) is 29.5 Å². The first-order valence-corrected chi connectivity index (χ1v) is 15.6. The van der Waals surface area contributed by atoms with Crippen molar-refractivity contribution in [2.24, 2.45) is 5.41 Å². The Morgan fingerprint density at radius 1 is 1.08 bits per heavy atom. The zero-order chi connectivity index (χ0) is 27.9. The number of thiocarbonyl (C=S) groups is 1. The minimum absolute atomic E-state index is 0.163. The summed E-state index contributed by atoms with van der Waals surface area (Å²) in [6, 6.07) is 11.3. The number of unbranched alkanes of at least 4 members (excludes halogenated alkanes) is 1. The minimum atomic E-state index is -2.99. The molecule has 1 atom stereocenters. The van der Waals surface area contributed by atoms with Crippen molar-refractivity contribution in [1.82, 2.24) is 5.32 Å². The maximum Gasteiger partial charge on any atom is 0.328 e. The molecule has 1 saturated carbocycles. The number of carbonyl (C=O) groups is 2. The van der Waals surface area contributed by atoms with E-state index < -0.39 is 27.8 Å². The second kappa shape index (κ2) is 13.2. The summed E-state index contributed by atoms with van der Waals surface area (Å²) >= 11 is 18.0. The van der Waals surface area contributed by atoms with Gasteiger partial charge in [-0.05, 0) is 55.5 Å². The first-order chi connectivity index (χ1) is 17.9. The quantitative estimate of drug-likeness (QED) is 0.185. The van der Waals surface area contributed by atoms with Crippen molar-refractivity contribution < 1.29 is 22.7 Å². The highest BCUT2D eigenvalue weighted by molar-refractivity contribution is 7.90. The second-order valence-electron chi connectivity index (χ2n) is 9.72. The Labute approximate surface area is 239 Å². The summed E-state index contributed by atoms with van der Waals surface area (Å²) in [6.45, 7) is 0. The van der Waals surface area contributed by atoms with Gasteiger partial charge in [0.05, 0.1) is 27.7 Å². The van der Waals surface area contributed by atoms with Crippen molar-refractivity contribution in [2.45, 2.75) is 51.0 Å². The molecule has 3 rings (SSSR count). The molecule has 0 spiro atoms. The number of hydrogen-bond donors (Lipinski definition) is 2. The number of methoxy groups -OCH3 is 1. The predicted octanol–water partition coefficient (Wildman–Crippen LogP) is 5.63. The van der Waals surface area contributed by atoms with Crippen LogP contribution in [0.2, 0.25) is 10.0 Å². The second-order valence-corrected chi connectivity index (χ2v) is 13.2. The maximum absolute atomic E-state index is 12.6. The number of ether oxygens (including phenoxy) is 1. The molecule has 38 heavy (non-hydrogen) atoms. The molecule has 206 valence electrons. The fraction of sp³-hybridized carbons (Fsp3) is 0.444. The molecule has 0 aromatic heterocycles. The molecule has 0 aliphatic heterocycles. The van der Waals surface area contributed by atoms with E-state index in [1.54, 1.807) is 30.3 Å². The molecular formula is C27H32Cl2N2O5S2. The van der Waals surface area contributed by atoms with E-state index in [0.717, 1.165) is 37.7 Å². The highest BCUT2D eigenvalue weighted by atomic mass is 35.5. The van der Waals surface area contributed by atoms with Crippen molar-refractivity contribution in [2.75, 3.05) is 24.4 Å². The van der Waals surface area contributed by atoms with E-state index in [1.807, 2.05) is 12.1 Å². The summed E-state index contributed by atoms with van der Waals surface area (Å²) in [5.74, 6) is -0.685. The lowest BCUT2D eigenvalue weighted by Gasteiger charge is -2.43. The Balaban J connectivity index is 1.63. The average molecular weight is 600 g/mol. The molecule has 1 aliphatic rings. The molecule has 1 aliphatic carbocycles. The lowest BCUT2D eigenvalue weighted by atomic mass is 9.65. The van der Waals surface area contributed by atoms with Gasteiger partial charge in [0.25, 0.3) is 5.91 Å². The first-order valence-electron chi connectivity index (χ1n) is 12.3. The average Bonchev–Trinajstić information content (AvgIpc) is 2.82. The standard InChI is InChI=1S/C27H32Cl2N2O5S2/c1-36-25(33)22(31-26(37)27(14-6-15-27)13-3-4-16-38(2,34)35)17-18-9-11-19(12-10-18)30-24(32)23-20(28)7-5-8-21(23)29/h5,7-12,22H,3-4,6,13-17H2,1-2H3,(H,30,32)(H,31,37). The summed E-state index contributed by atoms with van der Waals surface area (Å²) in [6.07, 6.45) is 6.58. The Morgan fingerprint density at radius 2 is 1.71 bits per heavy atom. The third-order valence-electron chi connectivity index (χ3n) is 6.85. The number of nitrogens with one attached hydrogen (secondary N) is 2. The third kappa shape index (κ3) is 8.15. The van der Waals surface area contributed by atoms with Crippen molar-refractivity contribution in [1.29, 1.82) is 0 Å². The van der Waals surface area contributed by atoms with Gasteiger partial charge in [-0.3, -0.25) is 4.79 Å². The van der Waals surface area contributed by atoms with Gasteiger partial charge < -0.3 is 15.4 Å². The summed E-state index contributed by atoms with van der Waals surface area (Å²) in [5, 5.41) is 6.54. The maximum atomic E-state index is 12.6. The highest BCUT2D eigenvalue weighted by Crippen LogP contribution is 2.46. The van der Waals surface area contributed by atoms with Crippen LogP contribution in [-0.4, -0.2) is 50.4 Å². The molecule has 11 heteroatoms. The van der Waals surface area contributed by atoms with E-state index >= 15 is 0 Å².